The number of nitrogens with two attached hydrogens (primary N) is 1. The van der Waals surface area contributed by atoms with Crippen molar-refractivity contribution in [2.75, 3.05) is 5.32 Å². The van der Waals surface area contributed by atoms with Gasteiger partial charge in [0.05, 0.1) is 16.8 Å². The van der Waals surface area contributed by atoms with Crippen LogP contribution in [0.4, 0.5) is 5.69 Å². The van der Waals surface area contributed by atoms with Crippen molar-refractivity contribution in [2.45, 2.75) is 52.1 Å². The lowest BCUT2D eigenvalue weighted by Gasteiger charge is -2.33. The third-order valence-electron chi connectivity index (χ3n) is 4.91. The summed E-state index contributed by atoms with van der Waals surface area (Å²) < 4.78 is 0. The van der Waals surface area contributed by atoms with Crippen LogP contribution in [0.5, 0.6) is 0 Å². The van der Waals surface area contributed by atoms with E-state index < -0.39 is 0 Å². The maximum atomic E-state index is 12.4. The monoisotopic (exact) mass is 343 g/mol. The van der Waals surface area contributed by atoms with E-state index in [9.17, 15) is 4.79 Å². The Morgan fingerprint density at radius 3 is 2.73 bits per heavy atom. The van der Waals surface area contributed by atoms with Crippen LogP contribution in [0.15, 0.2) is 18.2 Å². The van der Waals surface area contributed by atoms with E-state index in [1.807, 2.05) is 6.92 Å². The molecule has 1 amide bonds. The van der Waals surface area contributed by atoms with Gasteiger partial charge in [-0.1, -0.05) is 37.0 Å². The maximum Gasteiger partial charge on any atom is 0.282 e. The highest BCUT2D eigenvalue weighted by atomic mass is 35.5. The van der Waals surface area contributed by atoms with Crippen LogP contribution in [-0.2, 0) is 4.79 Å². The smallest absolute Gasteiger partial charge is 0.282 e. The zero-order chi connectivity index (χ0) is 16.3. The molecule has 1 fully saturated rings. The molecule has 1 saturated carbocycles. The van der Waals surface area contributed by atoms with E-state index in [0.29, 0.717) is 27.7 Å². The minimum atomic E-state index is -0.135. The largest absolute Gasteiger partial charge is 0.334 e. The van der Waals surface area contributed by atoms with Gasteiger partial charge in [-0.05, 0) is 50.3 Å². The predicted molar refractivity (Wildman–Crippen MR) is 92.4 cm³/mol. The highest BCUT2D eigenvalue weighted by Gasteiger charge is 2.32. The summed E-state index contributed by atoms with van der Waals surface area (Å²) in [4.78, 5) is 12.4. The molecule has 3 nitrogen and oxygen atoms in total. The molecule has 0 saturated heterocycles. The minimum Gasteiger partial charge on any atom is -0.334 e. The standard InChI is InChI=1S/C17H24Cl2N2O/c1-10-5-4-6-15(11(10)2)20-12(3)17(22)21-16-8-7-13(18)9-14(16)19/h7-12,15,20H,4-6H2,1-3H3,(H,21,22)/p+1/t10-,11-,12+,15-/m1/s1. The summed E-state index contributed by atoms with van der Waals surface area (Å²) in [5.74, 6) is 1.36. The number of quaternary nitrogens is 1. The fourth-order valence-electron chi connectivity index (χ4n) is 3.19. The molecule has 1 aromatic rings. The van der Waals surface area contributed by atoms with Crippen molar-refractivity contribution in [3.05, 3.63) is 28.2 Å². The number of hydrogen-bond acceptors (Lipinski definition) is 1. The normalized spacial score (nSPS) is 26.5. The summed E-state index contributed by atoms with van der Waals surface area (Å²) in [6, 6.07) is 5.48. The Morgan fingerprint density at radius 1 is 1.32 bits per heavy atom. The van der Waals surface area contributed by atoms with Crippen molar-refractivity contribution in [3.8, 4) is 0 Å². The highest BCUT2D eigenvalue weighted by Crippen LogP contribution is 2.28. The van der Waals surface area contributed by atoms with Gasteiger partial charge < -0.3 is 10.6 Å². The number of rotatable bonds is 4. The molecule has 0 spiro atoms. The Bertz CT molecular complexity index is 535. The quantitative estimate of drug-likeness (QED) is 0.859. The summed E-state index contributed by atoms with van der Waals surface area (Å²) in [6.07, 6.45) is 3.74. The second kappa shape index (κ2) is 7.67. The van der Waals surface area contributed by atoms with Crippen molar-refractivity contribution in [1.29, 1.82) is 0 Å². The van der Waals surface area contributed by atoms with E-state index in [0.717, 1.165) is 5.92 Å². The summed E-state index contributed by atoms with van der Waals surface area (Å²) in [7, 11) is 0. The lowest BCUT2D eigenvalue weighted by Crippen LogP contribution is -2.97. The van der Waals surface area contributed by atoms with E-state index in [4.69, 9.17) is 23.2 Å². The van der Waals surface area contributed by atoms with Crippen LogP contribution in [0.1, 0.15) is 40.0 Å². The highest BCUT2D eigenvalue weighted by molar-refractivity contribution is 6.36. The molecule has 1 aliphatic carbocycles. The molecule has 2 rings (SSSR count). The van der Waals surface area contributed by atoms with Crippen LogP contribution in [0, 0.1) is 11.8 Å². The van der Waals surface area contributed by atoms with Crippen molar-refractivity contribution < 1.29 is 10.1 Å². The van der Waals surface area contributed by atoms with Crippen LogP contribution >= 0.6 is 23.2 Å². The first-order chi connectivity index (χ1) is 10.4. The van der Waals surface area contributed by atoms with Gasteiger partial charge in [0.25, 0.3) is 5.91 Å². The second-order valence-electron chi connectivity index (χ2n) is 6.53. The molecule has 0 bridgehead atoms. The summed E-state index contributed by atoms with van der Waals surface area (Å²) >= 11 is 12.0. The Kier molecular flexibility index (Phi) is 6.13. The van der Waals surface area contributed by atoms with E-state index in [2.05, 4.69) is 24.5 Å². The van der Waals surface area contributed by atoms with Crippen LogP contribution in [0.3, 0.4) is 0 Å². The number of carbonyl (C=O) groups excluding carboxylic acids is 1. The molecule has 0 aromatic heterocycles. The van der Waals surface area contributed by atoms with Crippen molar-refractivity contribution in [2.24, 2.45) is 11.8 Å². The maximum absolute atomic E-state index is 12.4. The fraction of sp³-hybridized carbons (Fsp3) is 0.588. The summed E-state index contributed by atoms with van der Waals surface area (Å²) in [5.41, 5.74) is 0.612. The molecule has 5 heteroatoms. The van der Waals surface area contributed by atoms with Gasteiger partial charge in [-0.2, -0.15) is 0 Å². The topological polar surface area (TPSA) is 45.7 Å². The number of anilines is 1. The minimum absolute atomic E-state index is 0.0188. The molecule has 0 unspecified atom stereocenters. The van der Waals surface area contributed by atoms with Gasteiger partial charge in [-0.3, -0.25) is 4.79 Å². The molecule has 122 valence electrons. The van der Waals surface area contributed by atoms with Crippen LogP contribution < -0.4 is 10.6 Å². The first kappa shape index (κ1) is 17.6. The van der Waals surface area contributed by atoms with E-state index in [1.165, 1.54) is 19.3 Å². The Balaban J connectivity index is 1.94. The number of benzene rings is 1. The Morgan fingerprint density at radius 2 is 2.05 bits per heavy atom. The Hall–Kier alpha value is -0.770. The fourth-order valence-corrected chi connectivity index (χ4v) is 3.65. The van der Waals surface area contributed by atoms with Crippen molar-refractivity contribution >= 4 is 34.8 Å². The third-order valence-corrected chi connectivity index (χ3v) is 5.46. The van der Waals surface area contributed by atoms with Crippen LogP contribution in [-0.4, -0.2) is 18.0 Å². The average Bonchev–Trinajstić information content (AvgIpc) is 2.46. The Labute approximate surface area is 142 Å². The van der Waals surface area contributed by atoms with Gasteiger partial charge in [0.1, 0.15) is 0 Å². The zero-order valence-corrected chi connectivity index (χ0v) is 14.9. The second-order valence-corrected chi connectivity index (χ2v) is 7.37. The number of halogens is 2. The molecule has 22 heavy (non-hydrogen) atoms. The van der Waals surface area contributed by atoms with E-state index >= 15 is 0 Å². The van der Waals surface area contributed by atoms with Crippen molar-refractivity contribution in [1.82, 2.24) is 0 Å². The van der Waals surface area contributed by atoms with E-state index in [1.54, 1.807) is 18.2 Å². The third kappa shape index (κ3) is 4.37. The number of carbonyl (C=O) groups is 1. The van der Waals surface area contributed by atoms with Gasteiger partial charge >= 0.3 is 0 Å². The molecule has 0 radical (unpaired) electrons. The molecular weight excluding hydrogens is 319 g/mol. The summed E-state index contributed by atoms with van der Waals surface area (Å²) in [5, 5.41) is 6.13. The lowest BCUT2D eigenvalue weighted by molar-refractivity contribution is -0.715. The zero-order valence-electron chi connectivity index (χ0n) is 13.4. The van der Waals surface area contributed by atoms with Gasteiger partial charge in [-0.25, -0.2) is 0 Å². The van der Waals surface area contributed by atoms with Gasteiger partial charge in [-0.15, -0.1) is 0 Å². The molecule has 1 aromatic carbocycles. The predicted octanol–water partition coefficient (Wildman–Crippen LogP) is 3.71. The SMILES string of the molecule is C[C@@H]1[C@H](C)CCC[C@H]1[NH2+][C@@H](C)C(=O)Nc1ccc(Cl)cc1Cl. The number of amides is 1. The number of hydrogen-bond donors (Lipinski definition) is 2. The first-order valence-electron chi connectivity index (χ1n) is 7.99. The number of nitrogens with one attached hydrogen (secondary N) is 1. The van der Waals surface area contributed by atoms with Gasteiger partial charge in [0.15, 0.2) is 6.04 Å². The van der Waals surface area contributed by atoms with Crippen LogP contribution in [0.25, 0.3) is 0 Å². The molecule has 1 aliphatic rings. The molecule has 0 aliphatic heterocycles. The summed E-state index contributed by atoms with van der Waals surface area (Å²) in [6.45, 7) is 6.56. The van der Waals surface area contributed by atoms with Gasteiger partial charge in [0, 0.05) is 10.9 Å². The molecule has 4 atom stereocenters. The van der Waals surface area contributed by atoms with E-state index in [-0.39, 0.29) is 11.9 Å². The molecule has 0 heterocycles. The van der Waals surface area contributed by atoms with Crippen LogP contribution in [0.2, 0.25) is 10.0 Å². The van der Waals surface area contributed by atoms with Gasteiger partial charge in [0.2, 0.25) is 0 Å². The molecular formula is C17H25Cl2N2O+. The molecule has 3 N–H and O–H groups in total. The average molecular weight is 344 g/mol. The first-order valence-corrected chi connectivity index (χ1v) is 8.75. The van der Waals surface area contributed by atoms with Crippen molar-refractivity contribution in [3.63, 3.8) is 0 Å². The lowest BCUT2D eigenvalue weighted by atomic mass is 9.78.